The third-order valence-corrected chi connectivity index (χ3v) is 9.74. The lowest BCUT2D eigenvalue weighted by Crippen LogP contribution is -2.57. The van der Waals surface area contributed by atoms with Gasteiger partial charge in [0.15, 0.2) is 0 Å². The number of unbranched alkanes of at least 4 members (excludes halogenated alkanes) is 1. The Morgan fingerprint density at radius 1 is 1.11 bits per heavy atom. The number of nitrogens with two attached hydrogens (primary N) is 1. The third kappa shape index (κ3) is 6.22. The molecule has 2 bridgehead atoms. The van der Waals surface area contributed by atoms with Crippen molar-refractivity contribution in [3.8, 4) is 0 Å². The van der Waals surface area contributed by atoms with E-state index < -0.39 is 34.2 Å². The van der Waals surface area contributed by atoms with Crippen molar-refractivity contribution in [3.63, 3.8) is 0 Å². The summed E-state index contributed by atoms with van der Waals surface area (Å²) in [6, 6.07) is 6.74. The quantitative estimate of drug-likeness (QED) is 0.257. The number of aliphatic carboxylic acids is 1. The minimum Gasteiger partial charge on any atom is -0.480 e. The number of hydrogen-bond acceptors (Lipinski definition) is 5. The molecule has 1 aromatic carbocycles. The van der Waals surface area contributed by atoms with Crippen molar-refractivity contribution in [2.75, 3.05) is 6.54 Å². The van der Waals surface area contributed by atoms with E-state index in [1.165, 1.54) is 0 Å². The average molecular weight is 509 g/mol. The molecule has 2 aliphatic rings. The van der Waals surface area contributed by atoms with E-state index in [-0.39, 0.29) is 29.7 Å². The summed E-state index contributed by atoms with van der Waals surface area (Å²) in [4.78, 5) is 25.1. The average Bonchev–Trinajstić information content (AvgIpc) is 3.12. The van der Waals surface area contributed by atoms with Gasteiger partial charge in [-0.1, -0.05) is 57.5 Å². The number of amides is 1. The zero-order valence-corrected chi connectivity index (χ0v) is 21.7. The predicted molar refractivity (Wildman–Crippen MR) is 135 cm³/mol. The van der Waals surface area contributed by atoms with E-state index >= 15 is 0 Å². The maximum atomic E-state index is 13.4. The first-order chi connectivity index (χ1) is 16.4. The van der Waals surface area contributed by atoms with Crippen LogP contribution in [0.5, 0.6) is 0 Å². The monoisotopic (exact) mass is 508 g/mol. The van der Waals surface area contributed by atoms with Crippen molar-refractivity contribution in [1.82, 2.24) is 14.8 Å². The summed E-state index contributed by atoms with van der Waals surface area (Å²) in [5.41, 5.74) is 6.30. The van der Waals surface area contributed by atoms with Crippen LogP contribution < -0.4 is 20.5 Å². The van der Waals surface area contributed by atoms with Gasteiger partial charge in [-0.15, -0.1) is 0 Å². The maximum Gasteiger partial charge on any atom is 0.321 e. The fraction of sp³-hybridized carbons (Fsp3) is 0.680. The number of carbonyl (C=O) groups is 2. The van der Waals surface area contributed by atoms with E-state index in [0.717, 1.165) is 24.8 Å². The van der Waals surface area contributed by atoms with Gasteiger partial charge >= 0.3 is 5.97 Å². The third-order valence-electron chi connectivity index (χ3n) is 8.55. The molecule has 35 heavy (non-hydrogen) atoms. The number of carboxylic acids is 1. The first-order valence-corrected chi connectivity index (χ1v) is 13.9. The molecule has 0 heterocycles. The van der Waals surface area contributed by atoms with Crippen LogP contribution in [0.2, 0.25) is 0 Å². The van der Waals surface area contributed by atoms with Gasteiger partial charge in [0, 0.05) is 6.04 Å². The van der Waals surface area contributed by atoms with Gasteiger partial charge < -0.3 is 16.2 Å². The Bertz CT molecular complexity index is 1000. The molecule has 5 atom stereocenters. The summed E-state index contributed by atoms with van der Waals surface area (Å²) in [5, 5.41) is 12.6. The molecule has 0 unspecified atom stereocenters. The normalized spacial score (nSPS) is 26.9. The van der Waals surface area contributed by atoms with E-state index in [1.54, 1.807) is 0 Å². The zero-order chi connectivity index (χ0) is 25.9. The molecule has 1 aromatic rings. The molecule has 0 aliphatic heterocycles. The molecule has 2 aliphatic carbocycles. The molecule has 2 saturated carbocycles. The zero-order valence-electron chi connectivity index (χ0n) is 20.9. The predicted octanol–water partition coefficient (Wildman–Crippen LogP) is 1.93. The van der Waals surface area contributed by atoms with Crippen molar-refractivity contribution in [1.29, 1.82) is 0 Å². The second-order valence-corrected chi connectivity index (χ2v) is 12.3. The molecule has 6 N–H and O–H groups in total. The van der Waals surface area contributed by atoms with Gasteiger partial charge in [-0.25, -0.2) is 0 Å². The highest BCUT2D eigenvalue weighted by Crippen LogP contribution is 2.65. The molecule has 196 valence electrons. The minimum absolute atomic E-state index is 0.0393. The fourth-order valence-corrected chi connectivity index (χ4v) is 7.09. The van der Waals surface area contributed by atoms with Gasteiger partial charge in [-0.2, -0.15) is 17.9 Å². The molecule has 3 rings (SSSR count). The maximum absolute atomic E-state index is 13.4. The van der Waals surface area contributed by atoms with Crippen molar-refractivity contribution in [3.05, 3.63) is 35.9 Å². The lowest BCUT2D eigenvalue weighted by atomic mass is 9.69. The van der Waals surface area contributed by atoms with Gasteiger partial charge in [-0.3, -0.25) is 9.59 Å². The molecule has 1 amide bonds. The minimum atomic E-state index is -4.28. The van der Waals surface area contributed by atoms with Crippen LogP contribution in [0.1, 0.15) is 64.9 Å². The van der Waals surface area contributed by atoms with Crippen LogP contribution in [-0.4, -0.2) is 50.1 Å². The van der Waals surface area contributed by atoms with Crippen molar-refractivity contribution < 1.29 is 23.1 Å². The Balaban J connectivity index is 1.75. The molecule has 0 aromatic heterocycles. The van der Waals surface area contributed by atoms with Crippen LogP contribution in [-0.2, 0) is 26.2 Å². The number of benzene rings is 1. The van der Waals surface area contributed by atoms with Crippen molar-refractivity contribution in [2.45, 2.75) is 83.8 Å². The summed E-state index contributed by atoms with van der Waals surface area (Å²) in [7, 11) is -4.28. The summed E-state index contributed by atoms with van der Waals surface area (Å²) in [5.74, 6) is -1.15. The molecule has 9 nitrogen and oxygen atoms in total. The van der Waals surface area contributed by atoms with Gasteiger partial charge in [0.1, 0.15) is 12.1 Å². The SMILES string of the molecule is CC1(C)[C@@H]2CC[C@@]1(C)[C@@H](NC(=O)[C@H](Cc1ccccc1)NS(=O)(=O)N[C@@H](CCCCN)C(=O)O)C2. The number of carboxylic acid groups (broad SMARTS) is 1. The Labute approximate surface area is 208 Å². The van der Waals surface area contributed by atoms with Crippen LogP contribution in [0, 0.1) is 16.7 Å². The van der Waals surface area contributed by atoms with E-state index in [1.807, 2.05) is 30.3 Å². The number of rotatable bonds is 13. The van der Waals surface area contributed by atoms with Crippen LogP contribution in [0.25, 0.3) is 0 Å². The highest BCUT2D eigenvalue weighted by Gasteiger charge is 2.61. The Kier molecular flexibility index (Phi) is 8.62. The van der Waals surface area contributed by atoms with Gasteiger partial charge in [0.2, 0.25) is 5.91 Å². The van der Waals surface area contributed by atoms with E-state index in [2.05, 4.69) is 35.5 Å². The highest BCUT2D eigenvalue weighted by atomic mass is 32.2. The fourth-order valence-electron chi connectivity index (χ4n) is 5.87. The second-order valence-electron chi connectivity index (χ2n) is 10.8. The van der Waals surface area contributed by atoms with Gasteiger partial charge in [0.05, 0.1) is 0 Å². The first kappa shape index (κ1) is 27.6. The summed E-state index contributed by atoms with van der Waals surface area (Å²) >= 11 is 0. The molecular weight excluding hydrogens is 468 g/mol. The van der Waals surface area contributed by atoms with Gasteiger partial charge in [0.25, 0.3) is 10.2 Å². The number of nitrogens with one attached hydrogen (secondary N) is 3. The molecule has 0 spiro atoms. The number of hydrogen-bond donors (Lipinski definition) is 5. The molecule has 0 saturated heterocycles. The largest absolute Gasteiger partial charge is 0.480 e. The standard InChI is InChI=1S/C25H40N4O5S/c1-24(2)18-12-13-25(24,3)21(16-18)27-22(30)20(15-17-9-5-4-6-10-17)29-35(33,34)28-19(23(31)32)11-7-8-14-26/h4-6,9-10,18-21,28-29H,7-8,11-16,26H2,1-3H3,(H,27,30)(H,31,32)/t18-,19+,20+,21+,25+/m1/s1. The molecule has 2 fully saturated rings. The highest BCUT2D eigenvalue weighted by molar-refractivity contribution is 7.87. The van der Waals surface area contributed by atoms with Crippen molar-refractivity contribution in [2.24, 2.45) is 22.5 Å². The summed E-state index contributed by atoms with van der Waals surface area (Å²) in [6.07, 6.45) is 4.36. The van der Waals surface area contributed by atoms with Crippen LogP contribution in [0.4, 0.5) is 0 Å². The number of carbonyl (C=O) groups excluding carboxylic acids is 1. The topological polar surface area (TPSA) is 151 Å². The number of fused-ring (bicyclic) bond motifs is 2. The van der Waals surface area contributed by atoms with E-state index in [4.69, 9.17) is 5.73 Å². The summed E-state index contributed by atoms with van der Waals surface area (Å²) in [6.45, 7) is 7.11. The molecule has 10 heteroatoms. The Hall–Kier alpha value is -2.01. The van der Waals surface area contributed by atoms with E-state index in [9.17, 15) is 23.1 Å². The lowest BCUT2D eigenvalue weighted by molar-refractivity contribution is -0.139. The van der Waals surface area contributed by atoms with Gasteiger partial charge in [-0.05, 0) is 67.4 Å². The van der Waals surface area contributed by atoms with Crippen LogP contribution in [0.15, 0.2) is 30.3 Å². The Morgan fingerprint density at radius 3 is 2.31 bits per heavy atom. The Morgan fingerprint density at radius 2 is 1.77 bits per heavy atom. The smallest absolute Gasteiger partial charge is 0.321 e. The second kappa shape index (κ2) is 10.9. The van der Waals surface area contributed by atoms with Crippen LogP contribution in [0.3, 0.4) is 0 Å². The molecular formula is C25H40N4O5S. The first-order valence-electron chi connectivity index (χ1n) is 12.5. The van der Waals surface area contributed by atoms with E-state index in [0.29, 0.717) is 25.3 Å². The summed E-state index contributed by atoms with van der Waals surface area (Å²) < 4.78 is 30.5. The lowest BCUT2D eigenvalue weighted by Gasteiger charge is -2.40. The van der Waals surface area contributed by atoms with Crippen LogP contribution >= 0.6 is 0 Å². The molecule has 0 radical (unpaired) electrons. The van der Waals surface area contributed by atoms with Crippen molar-refractivity contribution >= 4 is 22.1 Å².